The molecule has 1 aliphatic rings. The summed E-state index contributed by atoms with van der Waals surface area (Å²) >= 11 is 3.47. The topological polar surface area (TPSA) is 44.1 Å². The number of carbonyl (C=O) groups excluding carboxylic acids is 1. The van der Waals surface area contributed by atoms with Crippen molar-refractivity contribution in [1.29, 1.82) is 0 Å². The largest absolute Gasteiger partial charge is 0.370 e. The summed E-state index contributed by atoms with van der Waals surface area (Å²) in [5.74, 6) is 0.412. The Morgan fingerprint density at radius 2 is 2.10 bits per heavy atom. The number of ether oxygens (including phenoxy) is 1. The molecule has 0 aromatic carbocycles. The van der Waals surface area contributed by atoms with E-state index in [2.05, 4.69) is 21.0 Å². The second-order valence-corrected chi connectivity index (χ2v) is 6.87. The number of carbonyl (C=O) groups is 1. The van der Waals surface area contributed by atoms with Crippen LogP contribution in [-0.2, 0) is 4.74 Å². The molecule has 0 radical (unpaired) electrons. The summed E-state index contributed by atoms with van der Waals surface area (Å²) in [6, 6.07) is 0.156. The Bertz CT molecular complexity index is 479. The second-order valence-electron chi connectivity index (χ2n) is 6.02. The molecule has 5 heteroatoms. The number of rotatable bonds is 6. The maximum Gasteiger partial charge on any atom is 0.210 e. The monoisotopic (exact) mass is 356 g/mol. The quantitative estimate of drug-likeness (QED) is 0.709. The lowest BCUT2D eigenvalue weighted by atomic mass is 9.83. The van der Waals surface area contributed by atoms with E-state index in [9.17, 15) is 4.79 Å². The zero-order valence-electron chi connectivity index (χ0n) is 13.1. The van der Waals surface area contributed by atoms with Gasteiger partial charge < -0.3 is 4.74 Å². The Morgan fingerprint density at radius 3 is 2.67 bits per heavy atom. The van der Waals surface area contributed by atoms with E-state index < -0.39 is 0 Å². The molecule has 0 saturated heterocycles. The summed E-state index contributed by atoms with van der Waals surface area (Å²) in [7, 11) is 0. The molecule has 21 heavy (non-hydrogen) atoms. The first-order valence-corrected chi connectivity index (χ1v) is 8.74. The number of hydrogen-bond acceptors (Lipinski definition) is 3. The van der Waals surface area contributed by atoms with Crippen LogP contribution in [0.25, 0.3) is 0 Å². The number of hydrogen-bond donors (Lipinski definition) is 0. The molecule has 1 aliphatic carbocycles. The van der Waals surface area contributed by atoms with Gasteiger partial charge in [0.25, 0.3) is 0 Å². The summed E-state index contributed by atoms with van der Waals surface area (Å²) in [6.07, 6.45) is 7.22. The first-order valence-electron chi connectivity index (χ1n) is 7.95. The van der Waals surface area contributed by atoms with Gasteiger partial charge >= 0.3 is 0 Å². The molecule has 0 aliphatic heterocycles. The van der Waals surface area contributed by atoms with Crippen molar-refractivity contribution in [2.45, 2.75) is 65.0 Å². The van der Waals surface area contributed by atoms with E-state index in [0.29, 0.717) is 18.2 Å². The van der Waals surface area contributed by atoms with Crippen molar-refractivity contribution in [1.82, 2.24) is 9.78 Å². The fourth-order valence-corrected chi connectivity index (χ4v) is 3.61. The molecule has 1 heterocycles. The van der Waals surface area contributed by atoms with Crippen molar-refractivity contribution in [3.05, 3.63) is 16.4 Å². The molecule has 1 atom stereocenters. The summed E-state index contributed by atoms with van der Waals surface area (Å²) < 4.78 is 8.40. The lowest BCUT2D eigenvalue weighted by Crippen LogP contribution is -2.35. The van der Waals surface area contributed by atoms with Crippen LogP contribution >= 0.6 is 15.9 Å². The fourth-order valence-electron chi connectivity index (χ4n) is 3.14. The second kappa shape index (κ2) is 7.54. The molecule has 0 spiro atoms. The zero-order valence-corrected chi connectivity index (χ0v) is 14.7. The molecule has 1 aromatic rings. The predicted octanol–water partition coefficient (Wildman–Crippen LogP) is 4.39. The molecular formula is C16H25BrN2O2. The van der Waals surface area contributed by atoms with Crippen LogP contribution in [0.5, 0.6) is 0 Å². The SMILES string of the molecule is CCOC(C(=O)c1c(Br)cnn1C(C)C)C1CCCCC1. The third-order valence-corrected chi connectivity index (χ3v) is 4.74. The highest BCUT2D eigenvalue weighted by Gasteiger charge is 2.34. The fraction of sp³-hybridized carbons (Fsp3) is 0.750. The summed E-state index contributed by atoms with van der Waals surface area (Å²) in [4.78, 5) is 13.0. The average Bonchev–Trinajstić information content (AvgIpc) is 2.87. The van der Waals surface area contributed by atoms with Crippen molar-refractivity contribution >= 4 is 21.7 Å². The van der Waals surface area contributed by atoms with Crippen LogP contribution in [0.4, 0.5) is 0 Å². The van der Waals surface area contributed by atoms with Crippen LogP contribution in [0.1, 0.15) is 69.4 Å². The van der Waals surface area contributed by atoms with E-state index in [0.717, 1.165) is 17.3 Å². The molecular weight excluding hydrogens is 332 g/mol. The van der Waals surface area contributed by atoms with E-state index in [1.165, 1.54) is 19.3 Å². The number of aromatic nitrogens is 2. The first kappa shape index (κ1) is 16.7. The standard InChI is InChI=1S/C16H25BrN2O2/c1-4-21-16(12-8-6-5-7-9-12)15(20)14-13(17)10-18-19(14)11(2)3/h10-12,16H,4-9H2,1-3H3. The normalized spacial score (nSPS) is 18.1. The Hall–Kier alpha value is -0.680. The van der Waals surface area contributed by atoms with Crippen LogP contribution in [0.3, 0.4) is 0 Å². The van der Waals surface area contributed by atoms with Crippen LogP contribution in [0.15, 0.2) is 10.7 Å². The summed E-state index contributed by atoms with van der Waals surface area (Å²) in [5.41, 5.74) is 0.647. The van der Waals surface area contributed by atoms with Gasteiger partial charge in [0.2, 0.25) is 5.78 Å². The van der Waals surface area contributed by atoms with Gasteiger partial charge in [-0.05, 0) is 55.5 Å². The Balaban J connectivity index is 2.27. The van der Waals surface area contributed by atoms with Crippen molar-refractivity contribution in [3.63, 3.8) is 0 Å². The van der Waals surface area contributed by atoms with Crippen LogP contribution < -0.4 is 0 Å². The van der Waals surface area contributed by atoms with Gasteiger partial charge in [-0.3, -0.25) is 9.48 Å². The molecule has 4 nitrogen and oxygen atoms in total. The van der Waals surface area contributed by atoms with Gasteiger partial charge in [-0.2, -0.15) is 5.10 Å². The number of halogens is 1. The zero-order chi connectivity index (χ0) is 15.4. The highest BCUT2D eigenvalue weighted by Crippen LogP contribution is 2.31. The lowest BCUT2D eigenvalue weighted by molar-refractivity contribution is 0.0117. The van der Waals surface area contributed by atoms with Crippen molar-refractivity contribution in [2.24, 2.45) is 5.92 Å². The molecule has 0 N–H and O–H groups in total. The van der Waals surface area contributed by atoms with Gasteiger partial charge in [-0.25, -0.2) is 0 Å². The van der Waals surface area contributed by atoms with E-state index >= 15 is 0 Å². The first-order chi connectivity index (χ1) is 10.1. The minimum absolute atomic E-state index is 0.0711. The maximum atomic E-state index is 13.0. The van der Waals surface area contributed by atoms with E-state index in [-0.39, 0.29) is 17.9 Å². The van der Waals surface area contributed by atoms with Gasteiger partial charge in [-0.15, -0.1) is 0 Å². The Morgan fingerprint density at radius 1 is 1.43 bits per heavy atom. The smallest absolute Gasteiger partial charge is 0.210 e. The maximum absolute atomic E-state index is 13.0. The molecule has 0 bridgehead atoms. The molecule has 1 fully saturated rings. The molecule has 1 aromatic heterocycles. The Labute approximate surface area is 135 Å². The van der Waals surface area contributed by atoms with Crippen molar-refractivity contribution in [3.8, 4) is 0 Å². The minimum Gasteiger partial charge on any atom is -0.370 e. The molecule has 1 unspecified atom stereocenters. The van der Waals surface area contributed by atoms with Crippen LogP contribution in [0, 0.1) is 5.92 Å². The van der Waals surface area contributed by atoms with E-state index in [1.807, 2.05) is 20.8 Å². The van der Waals surface area contributed by atoms with Gasteiger partial charge in [0.05, 0.1) is 10.7 Å². The summed E-state index contributed by atoms with van der Waals surface area (Å²) in [5, 5.41) is 4.32. The van der Waals surface area contributed by atoms with E-state index in [1.54, 1.807) is 10.9 Å². The van der Waals surface area contributed by atoms with Gasteiger partial charge in [-0.1, -0.05) is 19.3 Å². The van der Waals surface area contributed by atoms with Crippen LogP contribution in [-0.4, -0.2) is 28.3 Å². The molecule has 1 saturated carbocycles. The highest BCUT2D eigenvalue weighted by atomic mass is 79.9. The number of nitrogens with zero attached hydrogens (tertiary/aromatic N) is 2. The lowest BCUT2D eigenvalue weighted by Gasteiger charge is -2.29. The average molecular weight is 357 g/mol. The van der Waals surface area contributed by atoms with Gasteiger partial charge in [0.1, 0.15) is 11.8 Å². The number of ketones is 1. The van der Waals surface area contributed by atoms with Crippen molar-refractivity contribution < 1.29 is 9.53 Å². The Kier molecular flexibility index (Phi) is 5.99. The highest BCUT2D eigenvalue weighted by molar-refractivity contribution is 9.10. The molecule has 2 rings (SSSR count). The summed E-state index contributed by atoms with van der Waals surface area (Å²) in [6.45, 7) is 6.59. The van der Waals surface area contributed by atoms with Crippen LogP contribution in [0.2, 0.25) is 0 Å². The minimum atomic E-state index is -0.333. The van der Waals surface area contributed by atoms with Crippen molar-refractivity contribution in [2.75, 3.05) is 6.61 Å². The van der Waals surface area contributed by atoms with Gasteiger partial charge in [0.15, 0.2) is 0 Å². The third kappa shape index (κ3) is 3.75. The molecule has 118 valence electrons. The van der Waals surface area contributed by atoms with Gasteiger partial charge in [0, 0.05) is 12.6 Å². The third-order valence-electron chi connectivity index (χ3n) is 4.16. The van der Waals surface area contributed by atoms with E-state index in [4.69, 9.17) is 4.74 Å². The molecule has 0 amide bonds. The predicted molar refractivity (Wildman–Crippen MR) is 86.6 cm³/mol. The number of Topliss-reactive ketones (excluding diaryl/α,β-unsaturated/α-hetero) is 1.